The van der Waals surface area contributed by atoms with Gasteiger partial charge >= 0.3 is 23.9 Å². The first kappa shape index (κ1) is 26.0. The molecule has 1 saturated heterocycles. The Balaban J connectivity index is 2.27. The number of carbonyl (C=O) groups is 1. The van der Waals surface area contributed by atoms with Crippen LogP contribution in [0, 0.1) is 11.3 Å². The molecule has 1 unspecified atom stereocenters. The Morgan fingerprint density at radius 3 is 2.06 bits per heavy atom. The SMILES string of the molecule is C[C@@]1(CC(F)(F)C(F)(F)C(F)(F)C(F)(F)F)C(=O)N(OCc2ccccc2)CC1CI. The number of amides is 1. The summed E-state index contributed by atoms with van der Waals surface area (Å²) in [6.07, 6.45) is -9.12. The highest BCUT2D eigenvalue weighted by atomic mass is 127. The third-order valence-corrected chi connectivity index (χ3v) is 6.28. The molecule has 31 heavy (non-hydrogen) atoms. The number of benzene rings is 1. The van der Waals surface area contributed by atoms with Crippen molar-refractivity contribution in [1.82, 2.24) is 5.06 Å². The molecule has 1 aromatic carbocycles. The smallest absolute Gasteiger partial charge is 0.272 e. The van der Waals surface area contributed by atoms with E-state index in [0.717, 1.165) is 6.92 Å². The Hall–Kier alpha value is -1.25. The van der Waals surface area contributed by atoms with E-state index in [2.05, 4.69) is 0 Å². The normalized spacial score (nSPS) is 23.5. The average Bonchev–Trinajstić information content (AvgIpc) is 2.89. The highest BCUT2D eigenvalue weighted by Gasteiger charge is 2.82. The van der Waals surface area contributed by atoms with Gasteiger partial charge in [-0.3, -0.25) is 9.63 Å². The van der Waals surface area contributed by atoms with Gasteiger partial charge in [0.15, 0.2) is 0 Å². The molecule has 1 aliphatic rings. The largest absolute Gasteiger partial charge is 0.460 e. The molecule has 0 N–H and O–H groups in total. The van der Waals surface area contributed by atoms with E-state index in [-0.39, 0.29) is 17.6 Å². The van der Waals surface area contributed by atoms with Crippen molar-refractivity contribution < 1.29 is 49.1 Å². The second-order valence-corrected chi connectivity index (χ2v) is 8.30. The number of hydroxylamine groups is 2. The average molecular weight is 577 g/mol. The zero-order chi connectivity index (χ0) is 23.9. The summed E-state index contributed by atoms with van der Waals surface area (Å²) in [5.74, 6) is -21.9. The van der Waals surface area contributed by atoms with Gasteiger partial charge in [0.25, 0.3) is 5.91 Å². The van der Waals surface area contributed by atoms with Gasteiger partial charge < -0.3 is 0 Å². The fourth-order valence-corrected chi connectivity index (χ4v) is 4.45. The molecule has 0 spiro atoms. The molecule has 3 nitrogen and oxygen atoms in total. The summed E-state index contributed by atoms with van der Waals surface area (Å²) in [5.41, 5.74) is -1.76. The van der Waals surface area contributed by atoms with Gasteiger partial charge in [0.1, 0.15) is 6.61 Å². The van der Waals surface area contributed by atoms with Crippen molar-refractivity contribution in [2.24, 2.45) is 11.3 Å². The first-order chi connectivity index (χ1) is 14.0. The first-order valence-electron chi connectivity index (χ1n) is 8.76. The highest BCUT2D eigenvalue weighted by Crippen LogP contribution is 2.57. The molecule has 1 heterocycles. The Morgan fingerprint density at radius 1 is 1.03 bits per heavy atom. The van der Waals surface area contributed by atoms with Crippen LogP contribution in [0.4, 0.5) is 39.5 Å². The van der Waals surface area contributed by atoms with E-state index in [1.807, 2.05) is 0 Å². The Bertz CT molecular complexity index is 788. The summed E-state index contributed by atoms with van der Waals surface area (Å²) < 4.78 is 119. The molecule has 2 rings (SSSR count). The van der Waals surface area contributed by atoms with Crippen molar-refractivity contribution in [2.75, 3.05) is 11.0 Å². The number of carbonyl (C=O) groups excluding carboxylic acids is 1. The number of nitrogens with zero attached hydrogens (tertiary/aromatic N) is 1. The fourth-order valence-electron chi connectivity index (χ4n) is 3.20. The molecule has 1 fully saturated rings. The van der Waals surface area contributed by atoms with Crippen LogP contribution in [0.15, 0.2) is 30.3 Å². The first-order valence-corrected chi connectivity index (χ1v) is 10.3. The lowest BCUT2D eigenvalue weighted by molar-refractivity contribution is -0.398. The van der Waals surface area contributed by atoms with Gasteiger partial charge in [-0.1, -0.05) is 59.8 Å². The van der Waals surface area contributed by atoms with Crippen LogP contribution in [-0.4, -0.2) is 45.9 Å². The van der Waals surface area contributed by atoms with Crippen molar-refractivity contribution in [1.29, 1.82) is 0 Å². The highest BCUT2D eigenvalue weighted by molar-refractivity contribution is 14.1. The third-order valence-electron chi connectivity index (χ3n) is 5.22. The number of halogens is 10. The zero-order valence-electron chi connectivity index (χ0n) is 15.8. The summed E-state index contributed by atoms with van der Waals surface area (Å²) in [6, 6.07) is 8.27. The summed E-state index contributed by atoms with van der Waals surface area (Å²) in [4.78, 5) is 17.9. The summed E-state index contributed by atoms with van der Waals surface area (Å²) in [6.45, 7) is 0.345. The van der Waals surface area contributed by atoms with E-state index >= 15 is 0 Å². The van der Waals surface area contributed by atoms with E-state index in [9.17, 15) is 44.3 Å². The van der Waals surface area contributed by atoms with Gasteiger partial charge in [-0.05, 0) is 5.56 Å². The molecular formula is C18H17F9INO2. The molecule has 1 aromatic rings. The van der Waals surface area contributed by atoms with Crippen LogP contribution in [0.3, 0.4) is 0 Å². The van der Waals surface area contributed by atoms with Crippen LogP contribution in [0.2, 0.25) is 0 Å². The molecule has 176 valence electrons. The van der Waals surface area contributed by atoms with Gasteiger partial charge in [-0.15, -0.1) is 0 Å². The quantitative estimate of drug-likeness (QED) is 0.220. The molecule has 0 aliphatic carbocycles. The number of hydrogen-bond acceptors (Lipinski definition) is 2. The van der Waals surface area contributed by atoms with Crippen molar-refractivity contribution in [3.05, 3.63) is 35.9 Å². The molecule has 1 amide bonds. The second kappa shape index (κ2) is 8.60. The number of hydrogen-bond donors (Lipinski definition) is 0. The van der Waals surface area contributed by atoms with Gasteiger partial charge in [-0.2, -0.15) is 39.5 Å². The van der Waals surface area contributed by atoms with Crippen LogP contribution >= 0.6 is 22.6 Å². The molecule has 0 aromatic heterocycles. The van der Waals surface area contributed by atoms with Crippen molar-refractivity contribution in [3.63, 3.8) is 0 Å². The molecule has 2 atom stereocenters. The van der Waals surface area contributed by atoms with Crippen LogP contribution in [0.1, 0.15) is 18.9 Å². The van der Waals surface area contributed by atoms with Crippen molar-refractivity contribution in [2.45, 2.75) is 43.9 Å². The summed E-state index contributed by atoms with van der Waals surface area (Å²) in [5, 5.41) is 0.659. The number of rotatable bonds is 8. The van der Waals surface area contributed by atoms with Gasteiger partial charge in [0.05, 0.1) is 12.0 Å². The monoisotopic (exact) mass is 577 g/mol. The van der Waals surface area contributed by atoms with Gasteiger partial charge in [-0.25, -0.2) is 5.06 Å². The minimum Gasteiger partial charge on any atom is -0.272 e. The Labute approximate surface area is 185 Å². The van der Waals surface area contributed by atoms with Crippen molar-refractivity contribution in [3.8, 4) is 0 Å². The molecule has 0 radical (unpaired) electrons. The van der Waals surface area contributed by atoms with E-state index < -0.39 is 47.6 Å². The topological polar surface area (TPSA) is 29.5 Å². The predicted molar refractivity (Wildman–Crippen MR) is 98.9 cm³/mol. The molecule has 0 saturated carbocycles. The standard InChI is InChI=1S/C18H17F9INO2/c1-14(10-15(19,20)16(21,22)17(23,24)18(25,26)27)12(7-28)8-29(13(14)30)31-9-11-5-3-2-4-6-11/h2-6,12H,7-10H2,1H3/t12?,14-/m0/s1. The Morgan fingerprint density at radius 2 is 1.58 bits per heavy atom. The molecule has 13 heteroatoms. The van der Waals surface area contributed by atoms with Crippen LogP contribution in [0.5, 0.6) is 0 Å². The fraction of sp³-hybridized carbons (Fsp3) is 0.611. The maximum atomic E-state index is 14.2. The summed E-state index contributed by atoms with van der Waals surface area (Å²) >= 11 is 1.68. The summed E-state index contributed by atoms with van der Waals surface area (Å²) in [7, 11) is 0. The lowest BCUT2D eigenvalue weighted by Gasteiger charge is -2.38. The van der Waals surface area contributed by atoms with E-state index in [4.69, 9.17) is 4.84 Å². The predicted octanol–water partition coefficient (Wildman–Crippen LogP) is 5.88. The van der Waals surface area contributed by atoms with Crippen molar-refractivity contribution >= 4 is 28.5 Å². The van der Waals surface area contributed by atoms with E-state index in [1.165, 1.54) is 0 Å². The van der Waals surface area contributed by atoms with Crippen LogP contribution < -0.4 is 0 Å². The lowest BCUT2D eigenvalue weighted by atomic mass is 9.74. The maximum absolute atomic E-state index is 14.2. The molecule has 1 aliphatic heterocycles. The minimum atomic E-state index is -7.00. The Kier molecular flexibility index (Phi) is 7.21. The zero-order valence-corrected chi connectivity index (χ0v) is 18.0. The number of alkyl halides is 10. The van der Waals surface area contributed by atoms with Gasteiger partial charge in [0.2, 0.25) is 0 Å². The third kappa shape index (κ3) is 4.62. The van der Waals surface area contributed by atoms with Gasteiger partial charge in [0, 0.05) is 16.8 Å². The van der Waals surface area contributed by atoms with E-state index in [1.54, 1.807) is 52.9 Å². The van der Waals surface area contributed by atoms with Crippen LogP contribution in [-0.2, 0) is 16.2 Å². The maximum Gasteiger partial charge on any atom is 0.460 e. The lowest BCUT2D eigenvalue weighted by Crippen LogP contribution is -2.62. The molecule has 0 bridgehead atoms. The van der Waals surface area contributed by atoms with Crippen LogP contribution in [0.25, 0.3) is 0 Å². The minimum absolute atomic E-state index is 0.0392. The van der Waals surface area contributed by atoms with E-state index in [0.29, 0.717) is 10.6 Å². The molecular weight excluding hydrogens is 560 g/mol. The second-order valence-electron chi connectivity index (χ2n) is 7.42.